The topological polar surface area (TPSA) is 84.0 Å². The number of carbonyl (C=O) groups is 1. The molecule has 3 rings (SSSR count). The van der Waals surface area contributed by atoms with E-state index in [1.54, 1.807) is 13.0 Å². The maximum atomic E-state index is 11.9. The monoisotopic (exact) mass is 378 g/mol. The van der Waals surface area contributed by atoms with Gasteiger partial charge in [0.2, 0.25) is 0 Å². The lowest BCUT2D eigenvalue weighted by Gasteiger charge is -2.10. The van der Waals surface area contributed by atoms with Crippen molar-refractivity contribution in [2.24, 2.45) is 0 Å². The van der Waals surface area contributed by atoms with Crippen LogP contribution in [-0.4, -0.2) is 10.8 Å². The summed E-state index contributed by atoms with van der Waals surface area (Å²) in [5, 5.41) is 10.8. The number of thioether (sulfide) groups is 1. The van der Waals surface area contributed by atoms with E-state index in [1.165, 1.54) is 24.8 Å². The summed E-state index contributed by atoms with van der Waals surface area (Å²) >= 11 is 1.37. The number of hydrogen-bond donors (Lipinski definition) is 0. The first-order valence-corrected chi connectivity index (χ1v) is 9.38. The number of aryl methyl sites for hydroxylation is 3. The Morgan fingerprint density at radius 1 is 1.19 bits per heavy atom. The van der Waals surface area contributed by atoms with Crippen molar-refractivity contribution in [2.45, 2.75) is 38.5 Å². The van der Waals surface area contributed by atoms with Crippen LogP contribution in [-0.2, 0) is 5.75 Å². The molecule has 0 radical (unpaired) electrons. The summed E-state index contributed by atoms with van der Waals surface area (Å²) < 4.78 is 5.33. The zero-order valence-corrected chi connectivity index (χ0v) is 16.4. The van der Waals surface area contributed by atoms with Crippen LogP contribution in [0.4, 0.5) is 0 Å². The van der Waals surface area contributed by atoms with Crippen molar-refractivity contribution in [3.63, 3.8) is 0 Å². The predicted molar refractivity (Wildman–Crippen MR) is 105 cm³/mol. The van der Waals surface area contributed by atoms with Crippen LogP contribution in [0.2, 0.25) is 0 Å². The summed E-state index contributed by atoms with van der Waals surface area (Å²) in [5.74, 6) is 0.344. The van der Waals surface area contributed by atoms with E-state index in [0.717, 1.165) is 22.1 Å². The molecule has 2 aromatic heterocycles. The van der Waals surface area contributed by atoms with Crippen molar-refractivity contribution in [1.29, 1.82) is 5.26 Å². The molecule has 1 aromatic carbocycles. The number of fused-ring (bicyclic) bond motifs is 1. The Morgan fingerprint density at radius 3 is 2.56 bits per heavy atom. The fourth-order valence-corrected chi connectivity index (χ4v) is 3.87. The van der Waals surface area contributed by atoms with E-state index in [0.29, 0.717) is 33.2 Å². The van der Waals surface area contributed by atoms with Crippen LogP contribution in [0.25, 0.3) is 11.0 Å². The zero-order valence-electron chi connectivity index (χ0n) is 15.5. The summed E-state index contributed by atoms with van der Waals surface area (Å²) in [7, 11) is 0. The molecular weight excluding hydrogens is 360 g/mol. The van der Waals surface area contributed by atoms with Gasteiger partial charge in [-0.15, -0.1) is 11.8 Å². The van der Waals surface area contributed by atoms with Crippen molar-refractivity contribution in [3.05, 3.63) is 68.2 Å². The lowest BCUT2D eigenvalue weighted by atomic mass is 10.0. The van der Waals surface area contributed by atoms with Gasteiger partial charge < -0.3 is 4.42 Å². The minimum absolute atomic E-state index is 0.120. The number of Topliss-reactive ketones (excluding diaryl/α,β-unsaturated/α-hetero) is 1. The van der Waals surface area contributed by atoms with Gasteiger partial charge in [0.05, 0.1) is 5.56 Å². The fourth-order valence-electron chi connectivity index (χ4n) is 2.88. The van der Waals surface area contributed by atoms with E-state index in [2.05, 4.69) is 11.1 Å². The van der Waals surface area contributed by atoms with Gasteiger partial charge in [0, 0.05) is 28.5 Å². The van der Waals surface area contributed by atoms with Gasteiger partial charge in [-0.3, -0.25) is 4.79 Å². The second-order valence-corrected chi connectivity index (χ2v) is 7.42. The van der Waals surface area contributed by atoms with Gasteiger partial charge in [0.15, 0.2) is 5.78 Å². The molecule has 0 spiro atoms. The summed E-state index contributed by atoms with van der Waals surface area (Å²) in [6.07, 6.45) is 0. The van der Waals surface area contributed by atoms with Crippen LogP contribution in [0.3, 0.4) is 0 Å². The van der Waals surface area contributed by atoms with Crippen LogP contribution in [0.1, 0.15) is 45.2 Å². The second-order valence-electron chi connectivity index (χ2n) is 6.45. The van der Waals surface area contributed by atoms with E-state index in [4.69, 9.17) is 4.42 Å². The molecular formula is C21H18N2O3S. The van der Waals surface area contributed by atoms with Gasteiger partial charge in [-0.2, -0.15) is 5.26 Å². The maximum Gasteiger partial charge on any atom is 0.336 e. The number of ketones is 1. The summed E-state index contributed by atoms with van der Waals surface area (Å²) in [4.78, 5) is 28.0. The Kier molecular flexibility index (Phi) is 5.15. The molecule has 0 aliphatic heterocycles. The highest BCUT2D eigenvalue weighted by atomic mass is 32.2. The molecule has 3 aromatic rings. The van der Waals surface area contributed by atoms with Gasteiger partial charge in [-0.1, -0.05) is 0 Å². The highest BCUT2D eigenvalue weighted by Crippen LogP contribution is 2.29. The molecule has 2 heterocycles. The van der Waals surface area contributed by atoms with Crippen molar-refractivity contribution in [3.8, 4) is 6.07 Å². The largest absolute Gasteiger partial charge is 0.423 e. The molecule has 0 fully saturated rings. The smallest absolute Gasteiger partial charge is 0.336 e. The lowest BCUT2D eigenvalue weighted by Crippen LogP contribution is -2.03. The number of aromatic nitrogens is 1. The predicted octanol–water partition coefficient (Wildman–Crippen LogP) is 4.48. The van der Waals surface area contributed by atoms with Gasteiger partial charge >= 0.3 is 5.63 Å². The Hall–Kier alpha value is -2.91. The number of hydrogen-bond acceptors (Lipinski definition) is 6. The van der Waals surface area contributed by atoms with Crippen molar-refractivity contribution < 1.29 is 9.21 Å². The number of pyridine rings is 1. The normalized spacial score (nSPS) is 10.8. The molecule has 0 unspecified atom stereocenters. The van der Waals surface area contributed by atoms with Gasteiger partial charge in [-0.05, 0) is 62.6 Å². The average molecular weight is 378 g/mol. The first-order chi connectivity index (χ1) is 12.8. The fraction of sp³-hybridized carbons (Fsp3) is 0.238. The van der Waals surface area contributed by atoms with Crippen molar-refractivity contribution in [2.75, 3.05) is 0 Å². The molecule has 0 N–H and O–H groups in total. The minimum atomic E-state index is -0.405. The molecule has 136 valence electrons. The van der Waals surface area contributed by atoms with Crippen LogP contribution in [0, 0.1) is 32.1 Å². The van der Waals surface area contributed by atoms with Crippen LogP contribution in [0.15, 0.2) is 38.5 Å². The summed E-state index contributed by atoms with van der Waals surface area (Å²) in [6, 6.07) is 9.04. The van der Waals surface area contributed by atoms with E-state index in [1.807, 2.05) is 26.0 Å². The lowest BCUT2D eigenvalue weighted by molar-refractivity contribution is 0.101. The van der Waals surface area contributed by atoms with Crippen LogP contribution < -0.4 is 5.63 Å². The van der Waals surface area contributed by atoms with Gasteiger partial charge in [-0.25, -0.2) is 9.78 Å². The third-order valence-electron chi connectivity index (χ3n) is 4.49. The Balaban J connectivity index is 2.02. The van der Waals surface area contributed by atoms with Gasteiger partial charge in [0.1, 0.15) is 16.7 Å². The van der Waals surface area contributed by atoms with Gasteiger partial charge in [0.25, 0.3) is 0 Å². The number of rotatable bonds is 4. The van der Waals surface area contributed by atoms with Crippen LogP contribution in [0.5, 0.6) is 0 Å². The third-order valence-corrected chi connectivity index (χ3v) is 5.53. The Bertz CT molecular complexity index is 1170. The minimum Gasteiger partial charge on any atom is -0.423 e. The van der Waals surface area contributed by atoms with E-state index >= 15 is 0 Å². The molecule has 0 aliphatic rings. The maximum absolute atomic E-state index is 11.9. The van der Waals surface area contributed by atoms with E-state index in [-0.39, 0.29) is 5.78 Å². The Morgan fingerprint density at radius 2 is 1.89 bits per heavy atom. The Labute approximate surface area is 161 Å². The SMILES string of the molecule is CC(=O)c1cc(C#N)c(SCc2cc(=O)oc3cc(C)c(C)cc23)nc1C. The van der Waals surface area contributed by atoms with Crippen LogP contribution >= 0.6 is 11.8 Å². The van der Waals surface area contributed by atoms with Crippen molar-refractivity contribution >= 4 is 28.5 Å². The quantitative estimate of drug-likeness (QED) is 0.378. The summed E-state index contributed by atoms with van der Waals surface area (Å²) in [5.41, 5.74) is 4.54. The van der Waals surface area contributed by atoms with E-state index < -0.39 is 5.63 Å². The molecule has 0 aliphatic carbocycles. The van der Waals surface area contributed by atoms with E-state index in [9.17, 15) is 14.9 Å². The molecule has 0 saturated heterocycles. The third kappa shape index (κ3) is 3.79. The highest BCUT2D eigenvalue weighted by Gasteiger charge is 2.14. The average Bonchev–Trinajstić information content (AvgIpc) is 2.61. The highest BCUT2D eigenvalue weighted by molar-refractivity contribution is 7.98. The molecule has 0 atom stereocenters. The number of nitrogens with zero attached hydrogens (tertiary/aromatic N) is 2. The first-order valence-electron chi connectivity index (χ1n) is 8.39. The molecule has 0 saturated carbocycles. The molecule has 0 bridgehead atoms. The molecule has 6 heteroatoms. The first kappa shape index (κ1) is 18.9. The second kappa shape index (κ2) is 7.37. The number of carbonyl (C=O) groups excluding carboxylic acids is 1. The molecule has 0 amide bonds. The summed E-state index contributed by atoms with van der Waals surface area (Å²) in [6.45, 7) is 7.19. The molecule has 5 nitrogen and oxygen atoms in total. The standard InChI is InChI=1S/C21H18N2O3S/c1-11-5-18-16(8-20(25)26-19(18)6-12(11)2)10-27-21-15(9-22)7-17(14(4)24)13(3)23-21/h5-8H,10H2,1-4H3. The zero-order chi connectivity index (χ0) is 19.7. The van der Waals surface area contributed by atoms with Crippen molar-refractivity contribution in [1.82, 2.24) is 4.98 Å². The molecule has 27 heavy (non-hydrogen) atoms. The number of nitriles is 1. The number of benzene rings is 1.